The van der Waals surface area contributed by atoms with Crippen molar-refractivity contribution in [3.05, 3.63) is 60.2 Å². The molecule has 3 rings (SSSR count). The van der Waals surface area contributed by atoms with Crippen LogP contribution in [0.25, 0.3) is 0 Å². The molecule has 2 amide bonds. The van der Waals surface area contributed by atoms with Crippen LogP contribution in [0, 0.1) is 0 Å². The molecule has 0 fully saturated rings. The molecule has 0 spiro atoms. The van der Waals surface area contributed by atoms with E-state index in [4.69, 9.17) is 9.47 Å². The van der Waals surface area contributed by atoms with Crippen LogP contribution < -0.4 is 10.2 Å². The Labute approximate surface area is 173 Å². The number of hydrogen-bond donors (Lipinski definition) is 1. The van der Waals surface area contributed by atoms with E-state index in [1.165, 1.54) is 16.7 Å². The van der Waals surface area contributed by atoms with Crippen LogP contribution in [0.3, 0.4) is 0 Å². The van der Waals surface area contributed by atoms with Crippen molar-refractivity contribution in [2.45, 2.75) is 24.5 Å². The standard InChI is InChI=1S/C21H22N2O5S/c1-2-27-19(24)12-23-17-10-6-7-11-18(17)29-14-16(20(23)25)22-21(26)28-13-15-8-4-3-5-9-15/h3-11,16H,2,12-14H2,1H3,(H,22,26)/t16-/m1/s1. The van der Waals surface area contributed by atoms with Gasteiger partial charge in [0.15, 0.2) is 0 Å². The van der Waals surface area contributed by atoms with E-state index in [-0.39, 0.29) is 25.7 Å². The molecule has 7 nitrogen and oxygen atoms in total. The SMILES string of the molecule is CCOC(=O)CN1C(=O)[C@H](NC(=O)OCc2ccccc2)CSc2ccccc21. The van der Waals surface area contributed by atoms with Gasteiger partial charge in [-0.1, -0.05) is 42.5 Å². The Bertz CT molecular complexity index is 874. The lowest BCUT2D eigenvalue weighted by atomic mass is 10.2. The van der Waals surface area contributed by atoms with Gasteiger partial charge >= 0.3 is 12.1 Å². The minimum atomic E-state index is -0.829. The molecule has 8 heteroatoms. The summed E-state index contributed by atoms with van der Waals surface area (Å²) in [6, 6.07) is 15.8. The minimum Gasteiger partial charge on any atom is -0.465 e. The lowest BCUT2D eigenvalue weighted by molar-refractivity contribution is -0.142. The summed E-state index contributed by atoms with van der Waals surface area (Å²) in [5, 5.41) is 2.62. The molecule has 0 radical (unpaired) electrons. The first-order valence-corrected chi connectivity index (χ1v) is 10.2. The second-order valence-corrected chi connectivity index (χ2v) is 7.33. The fraction of sp³-hybridized carbons (Fsp3) is 0.286. The molecule has 152 valence electrons. The number of rotatable bonds is 6. The number of hydrogen-bond acceptors (Lipinski definition) is 6. The molecule has 1 aliphatic heterocycles. The third-order valence-corrected chi connectivity index (χ3v) is 5.38. The van der Waals surface area contributed by atoms with Crippen molar-refractivity contribution in [1.29, 1.82) is 0 Å². The number of anilines is 1. The van der Waals surface area contributed by atoms with E-state index in [9.17, 15) is 14.4 Å². The number of nitrogens with one attached hydrogen (secondary N) is 1. The minimum absolute atomic E-state index is 0.105. The molecule has 1 N–H and O–H groups in total. The highest BCUT2D eigenvalue weighted by Crippen LogP contribution is 2.34. The van der Waals surface area contributed by atoms with Gasteiger partial charge in [-0.05, 0) is 24.6 Å². The van der Waals surface area contributed by atoms with E-state index >= 15 is 0 Å². The smallest absolute Gasteiger partial charge is 0.408 e. The maximum Gasteiger partial charge on any atom is 0.408 e. The van der Waals surface area contributed by atoms with Crippen LogP contribution >= 0.6 is 11.8 Å². The van der Waals surface area contributed by atoms with Gasteiger partial charge in [-0.3, -0.25) is 14.5 Å². The van der Waals surface area contributed by atoms with Crippen molar-refractivity contribution in [2.75, 3.05) is 23.8 Å². The van der Waals surface area contributed by atoms with E-state index in [2.05, 4.69) is 5.32 Å². The summed E-state index contributed by atoms with van der Waals surface area (Å²) in [5.74, 6) is -0.560. The van der Waals surface area contributed by atoms with Crippen LogP contribution in [0.2, 0.25) is 0 Å². The quantitative estimate of drug-likeness (QED) is 0.732. The second-order valence-electron chi connectivity index (χ2n) is 6.27. The van der Waals surface area contributed by atoms with Crippen molar-refractivity contribution < 1.29 is 23.9 Å². The first-order chi connectivity index (χ1) is 14.1. The number of thioether (sulfide) groups is 1. The van der Waals surface area contributed by atoms with Gasteiger partial charge in [0.05, 0.1) is 12.3 Å². The monoisotopic (exact) mass is 414 g/mol. The summed E-state index contributed by atoms with van der Waals surface area (Å²) >= 11 is 1.44. The molecule has 1 atom stereocenters. The maximum atomic E-state index is 13.1. The van der Waals surface area contributed by atoms with E-state index in [1.54, 1.807) is 19.1 Å². The van der Waals surface area contributed by atoms with E-state index in [0.717, 1.165) is 10.5 Å². The maximum absolute atomic E-state index is 13.1. The molecule has 0 unspecified atom stereocenters. The van der Waals surface area contributed by atoms with Gasteiger partial charge < -0.3 is 14.8 Å². The van der Waals surface area contributed by atoms with Gasteiger partial charge in [-0.25, -0.2) is 4.79 Å². The lowest BCUT2D eigenvalue weighted by Gasteiger charge is -2.24. The topological polar surface area (TPSA) is 84.9 Å². The Morgan fingerprint density at radius 3 is 2.59 bits per heavy atom. The summed E-state index contributed by atoms with van der Waals surface area (Å²) in [4.78, 5) is 39.6. The Hall–Kier alpha value is -3.00. The van der Waals surface area contributed by atoms with Gasteiger partial charge in [-0.2, -0.15) is 0 Å². The van der Waals surface area contributed by atoms with Crippen molar-refractivity contribution >= 4 is 35.4 Å². The van der Waals surface area contributed by atoms with Crippen LogP contribution in [0.4, 0.5) is 10.5 Å². The highest BCUT2D eigenvalue weighted by atomic mass is 32.2. The molecule has 0 saturated heterocycles. The molecule has 1 heterocycles. The average molecular weight is 414 g/mol. The van der Waals surface area contributed by atoms with Crippen molar-refractivity contribution in [1.82, 2.24) is 5.32 Å². The Kier molecular flexibility index (Phi) is 7.13. The number of carbonyl (C=O) groups excluding carboxylic acids is 3. The number of benzene rings is 2. The number of amides is 2. The number of alkyl carbamates (subject to hydrolysis) is 1. The largest absolute Gasteiger partial charge is 0.465 e. The number of ether oxygens (including phenoxy) is 2. The highest BCUT2D eigenvalue weighted by Gasteiger charge is 2.33. The zero-order valence-corrected chi connectivity index (χ0v) is 16.8. The fourth-order valence-electron chi connectivity index (χ4n) is 2.86. The summed E-state index contributed by atoms with van der Waals surface area (Å²) < 4.78 is 10.2. The van der Waals surface area contributed by atoms with Gasteiger partial charge in [0.2, 0.25) is 0 Å². The predicted molar refractivity (Wildman–Crippen MR) is 110 cm³/mol. The van der Waals surface area contributed by atoms with Crippen LogP contribution in [-0.4, -0.2) is 42.9 Å². The van der Waals surface area contributed by atoms with Crippen molar-refractivity contribution in [3.8, 4) is 0 Å². The summed E-state index contributed by atoms with van der Waals surface area (Å²) in [7, 11) is 0. The average Bonchev–Trinajstić information content (AvgIpc) is 2.86. The summed E-state index contributed by atoms with van der Waals surface area (Å²) in [5.41, 5.74) is 1.47. The molecule has 1 aliphatic rings. The second kappa shape index (κ2) is 9.97. The van der Waals surface area contributed by atoms with Crippen LogP contribution in [0.15, 0.2) is 59.5 Å². The molecule has 0 bridgehead atoms. The first-order valence-electron chi connectivity index (χ1n) is 9.24. The van der Waals surface area contributed by atoms with E-state index < -0.39 is 18.1 Å². The summed E-state index contributed by atoms with van der Waals surface area (Å²) in [6.07, 6.45) is -0.685. The summed E-state index contributed by atoms with van der Waals surface area (Å²) in [6.45, 7) is 1.82. The Balaban J connectivity index is 1.70. The highest BCUT2D eigenvalue weighted by molar-refractivity contribution is 7.99. The Morgan fingerprint density at radius 2 is 1.83 bits per heavy atom. The third kappa shape index (κ3) is 5.51. The third-order valence-electron chi connectivity index (χ3n) is 4.22. The molecule has 0 aliphatic carbocycles. The van der Waals surface area contributed by atoms with Crippen molar-refractivity contribution in [2.24, 2.45) is 0 Å². The molecule has 2 aromatic carbocycles. The van der Waals surface area contributed by atoms with Gasteiger partial charge in [-0.15, -0.1) is 11.8 Å². The van der Waals surface area contributed by atoms with Crippen LogP contribution in [-0.2, 0) is 25.7 Å². The number of para-hydroxylation sites is 1. The Morgan fingerprint density at radius 1 is 1.10 bits per heavy atom. The molecular formula is C21H22N2O5S. The zero-order valence-electron chi connectivity index (χ0n) is 16.0. The number of carbonyl (C=O) groups is 3. The molecular weight excluding hydrogens is 392 g/mol. The first kappa shape index (κ1) is 20.7. The fourth-order valence-corrected chi connectivity index (χ4v) is 3.94. The van der Waals surface area contributed by atoms with Gasteiger partial charge in [0.25, 0.3) is 5.91 Å². The predicted octanol–water partition coefficient (Wildman–Crippen LogP) is 2.98. The van der Waals surface area contributed by atoms with Crippen molar-refractivity contribution in [3.63, 3.8) is 0 Å². The van der Waals surface area contributed by atoms with Gasteiger partial charge in [0.1, 0.15) is 19.2 Å². The number of fused-ring (bicyclic) bond motifs is 1. The normalized spacial score (nSPS) is 15.8. The molecule has 0 aromatic heterocycles. The van der Waals surface area contributed by atoms with E-state index in [0.29, 0.717) is 11.4 Å². The number of nitrogens with zero attached hydrogens (tertiary/aromatic N) is 1. The molecule has 0 saturated carbocycles. The molecule has 29 heavy (non-hydrogen) atoms. The van der Waals surface area contributed by atoms with Gasteiger partial charge in [0, 0.05) is 10.6 Å². The zero-order chi connectivity index (χ0) is 20.6. The van der Waals surface area contributed by atoms with Crippen LogP contribution in [0.5, 0.6) is 0 Å². The van der Waals surface area contributed by atoms with E-state index in [1.807, 2.05) is 42.5 Å². The molecule has 2 aromatic rings. The van der Waals surface area contributed by atoms with Crippen LogP contribution in [0.1, 0.15) is 12.5 Å². The lowest BCUT2D eigenvalue weighted by Crippen LogP contribution is -2.50. The number of esters is 1.